The Balaban J connectivity index is 2.05. The quantitative estimate of drug-likeness (QED) is 0.599. The van der Waals surface area contributed by atoms with Gasteiger partial charge < -0.3 is 24.2 Å². The molecule has 2 rings (SSSR count). The van der Waals surface area contributed by atoms with Gasteiger partial charge in [0.25, 0.3) is 0 Å². The summed E-state index contributed by atoms with van der Waals surface area (Å²) in [5, 5.41) is 14.2. The summed E-state index contributed by atoms with van der Waals surface area (Å²) in [4.78, 5) is 27.8. The normalized spacial score (nSPS) is 30.5. The van der Waals surface area contributed by atoms with Gasteiger partial charge in [-0.1, -0.05) is 5.16 Å². The van der Waals surface area contributed by atoms with Gasteiger partial charge >= 0.3 is 12.1 Å². The molecular formula is C13H17NO7. The van der Waals surface area contributed by atoms with E-state index < -0.39 is 29.9 Å². The van der Waals surface area contributed by atoms with E-state index in [1.54, 1.807) is 6.92 Å². The van der Waals surface area contributed by atoms with Gasteiger partial charge in [-0.15, -0.1) is 0 Å². The number of hydrogen-bond acceptors (Lipinski definition) is 8. The fourth-order valence-corrected chi connectivity index (χ4v) is 2.19. The molecule has 3 atom stereocenters. The van der Waals surface area contributed by atoms with Crippen molar-refractivity contribution in [2.24, 2.45) is 5.16 Å². The van der Waals surface area contributed by atoms with E-state index in [9.17, 15) is 14.7 Å². The summed E-state index contributed by atoms with van der Waals surface area (Å²) in [7, 11) is 1.21. The molecule has 8 nitrogen and oxygen atoms in total. The molecule has 2 aliphatic rings. The molecule has 0 amide bonds. The summed E-state index contributed by atoms with van der Waals surface area (Å²) < 4.78 is 14.2. The van der Waals surface area contributed by atoms with Gasteiger partial charge in [-0.25, -0.2) is 9.59 Å². The van der Waals surface area contributed by atoms with E-state index in [1.165, 1.54) is 19.3 Å². The van der Waals surface area contributed by atoms with E-state index in [2.05, 4.69) is 9.89 Å². The highest BCUT2D eigenvalue weighted by molar-refractivity contribution is 6.36. The molecule has 0 aromatic rings. The molecule has 0 spiro atoms. The zero-order valence-electron chi connectivity index (χ0n) is 11.8. The molecule has 0 aromatic heterocycles. The third kappa shape index (κ3) is 3.33. The summed E-state index contributed by atoms with van der Waals surface area (Å²) in [5.74, 6) is -0.620. The number of carbonyl (C=O) groups is 2. The minimum Gasteiger partial charge on any atom is -0.461 e. The van der Waals surface area contributed by atoms with E-state index in [0.29, 0.717) is 0 Å². The Kier molecular flexibility index (Phi) is 4.46. The number of nitrogens with zero attached hydrogens (tertiary/aromatic N) is 1. The molecule has 0 aromatic carbocycles. The average Bonchev–Trinajstić information content (AvgIpc) is 2.47. The Hall–Kier alpha value is -2.09. The molecule has 1 N–H and O–H groups in total. The smallest absolute Gasteiger partial charge is 0.461 e. The summed E-state index contributed by atoms with van der Waals surface area (Å²) in [6.45, 7) is 1.89. The minimum absolute atomic E-state index is 0.0159. The molecule has 0 radical (unpaired) electrons. The molecular weight excluding hydrogens is 282 g/mol. The van der Waals surface area contributed by atoms with Crippen LogP contribution in [0.3, 0.4) is 0 Å². The molecule has 1 heterocycles. The lowest BCUT2D eigenvalue weighted by molar-refractivity contribution is -0.139. The topological polar surface area (TPSA) is 104 Å². The van der Waals surface area contributed by atoms with Gasteiger partial charge in [0.2, 0.25) is 0 Å². The Morgan fingerprint density at radius 2 is 2.33 bits per heavy atom. The van der Waals surface area contributed by atoms with Crippen LogP contribution in [0, 0.1) is 0 Å². The van der Waals surface area contributed by atoms with Crippen molar-refractivity contribution in [3.63, 3.8) is 0 Å². The van der Waals surface area contributed by atoms with Crippen LogP contribution in [0.2, 0.25) is 0 Å². The van der Waals surface area contributed by atoms with Gasteiger partial charge in [0, 0.05) is 12.8 Å². The average molecular weight is 299 g/mol. The first kappa shape index (κ1) is 15.3. The first-order chi connectivity index (χ1) is 9.98. The zero-order chi connectivity index (χ0) is 15.5. The highest BCUT2D eigenvalue weighted by Gasteiger charge is 2.46. The van der Waals surface area contributed by atoms with E-state index >= 15 is 0 Å². The van der Waals surface area contributed by atoms with E-state index in [4.69, 9.17) is 14.3 Å². The summed E-state index contributed by atoms with van der Waals surface area (Å²) in [6, 6.07) is 0. The highest BCUT2D eigenvalue weighted by atomic mass is 16.7. The second-order valence-corrected chi connectivity index (χ2v) is 4.73. The fraction of sp³-hybridized carbons (Fsp3) is 0.615. The van der Waals surface area contributed by atoms with E-state index in [1.807, 2.05) is 0 Å². The Bertz CT molecular complexity index is 487. The second kappa shape index (κ2) is 6.13. The van der Waals surface area contributed by atoms with Crippen LogP contribution < -0.4 is 0 Å². The van der Waals surface area contributed by atoms with Gasteiger partial charge in [-0.3, -0.25) is 0 Å². The highest BCUT2D eigenvalue weighted by Crippen LogP contribution is 2.33. The lowest BCUT2D eigenvalue weighted by Crippen LogP contribution is -2.51. The van der Waals surface area contributed by atoms with Gasteiger partial charge in [0.05, 0.1) is 13.7 Å². The van der Waals surface area contributed by atoms with Crippen molar-refractivity contribution >= 4 is 17.8 Å². The number of rotatable bonds is 3. The predicted molar refractivity (Wildman–Crippen MR) is 69.5 cm³/mol. The largest absolute Gasteiger partial charge is 0.508 e. The minimum atomic E-state index is -1.38. The van der Waals surface area contributed by atoms with Crippen LogP contribution in [0.5, 0.6) is 0 Å². The van der Waals surface area contributed by atoms with Crippen molar-refractivity contribution in [2.45, 2.75) is 37.6 Å². The third-order valence-electron chi connectivity index (χ3n) is 3.27. The molecule has 0 saturated heterocycles. The van der Waals surface area contributed by atoms with Crippen LogP contribution in [0.4, 0.5) is 4.79 Å². The van der Waals surface area contributed by atoms with Gasteiger partial charge in [0.15, 0.2) is 11.8 Å². The van der Waals surface area contributed by atoms with Gasteiger partial charge in [-0.05, 0) is 19.1 Å². The van der Waals surface area contributed by atoms with Crippen molar-refractivity contribution in [2.75, 3.05) is 13.7 Å². The van der Waals surface area contributed by atoms with Crippen molar-refractivity contribution in [1.82, 2.24) is 0 Å². The summed E-state index contributed by atoms with van der Waals surface area (Å²) in [5.41, 5.74) is -1.35. The monoisotopic (exact) mass is 299 g/mol. The lowest BCUT2D eigenvalue weighted by atomic mass is 9.82. The predicted octanol–water partition coefficient (Wildman–Crippen LogP) is 0.537. The van der Waals surface area contributed by atoms with Crippen LogP contribution in [-0.2, 0) is 23.8 Å². The number of oxime groups is 1. The molecule has 1 aliphatic heterocycles. The molecule has 1 aliphatic carbocycles. The lowest BCUT2D eigenvalue weighted by Gasteiger charge is -2.39. The maximum Gasteiger partial charge on any atom is 0.508 e. The number of hydrogen-bond donors (Lipinski definition) is 1. The number of esters is 1. The Morgan fingerprint density at radius 3 is 3.00 bits per heavy atom. The number of methoxy groups -OCH3 is 1. The summed E-state index contributed by atoms with van der Waals surface area (Å²) in [6.07, 6.45) is 1.06. The molecule has 8 heteroatoms. The SMILES string of the molecule is CCOC(=O)C1=NO[C@H]2C[C@@H](OC(=O)OC)C=C[C@@]2(O)C1. The van der Waals surface area contributed by atoms with Crippen molar-refractivity contribution in [3.8, 4) is 0 Å². The molecule has 116 valence electrons. The molecule has 0 fully saturated rings. The van der Waals surface area contributed by atoms with Crippen LogP contribution in [0.15, 0.2) is 17.3 Å². The Morgan fingerprint density at radius 1 is 1.57 bits per heavy atom. The Labute approximate surface area is 121 Å². The molecule has 0 saturated carbocycles. The van der Waals surface area contributed by atoms with Crippen molar-refractivity contribution in [1.29, 1.82) is 0 Å². The number of carbonyl (C=O) groups excluding carboxylic acids is 2. The maximum absolute atomic E-state index is 11.6. The first-order valence-electron chi connectivity index (χ1n) is 6.54. The van der Waals surface area contributed by atoms with Gasteiger partial charge in [0.1, 0.15) is 11.7 Å². The number of aliphatic hydroxyl groups is 1. The summed E-state index contributed by atoms with van der Waals surface area (Å²) >= 11 is 0. The van der Waals surface area contributed by atoms with E-state index in [-0.39, 0.29) is 25.2 Å². The molecule has 0 unspecified atom stereocenters. The van der Waals surface area contributed by atoms with Crippen molar-refractivity contribution in [3.05, 3.63) is 12.2 Å². The molecule has 21 heavy (non-hydrogen) atoms. The number of fused-ring (bicyclic) bond motifs is 1. The van der Waals surface area contributed by atoms with E-state index in [0.717, 1.165) is 0 Å². The fourth-order valence-electron chi connectivity index (χ4n) is 2.19. The second-order valence-electron chi connectivity index (χ2n) is 4.73. The van der Waals surface area contributed by atoms with Crippen LogP contribution >= 0.6 is 0 Å². The standard InChI is InChI=1S/C13H17NO7/c1-3-19-11(15)9-7-13(17)5-4-8(20-12(16)18-2)6-10(13)21-14-9/h4-5,8,10,17H,3,6-7H2,1-2H3/t8-,10-,13+/m0/s1. The van der Waals surface area contributed by atoms with Crippen molar-refractivity contribution < 1.29 is 33.7 Å². The maximum atomic E-state index is 11.6. The number of ether oxygens (including phenoxy) is 3. The first-order valence-corrected chi connectivity index (χ1v) is 6.54. The van der Waals surface area contributed by atoms with Crippen LogP contribution in [0.25, 0.3) is 0 Å². The third-order valence-corrected chi connectivity index (χ3v) is 3.27. The van der Waals surface area contributed by atoms with Crippen LogP contribution in [0.1, 0.15) is 19.8 Å². The van der Waals surface area contributed by atoms with Gasteiger partial charge in [-0.2, -0.15) is 0 Å². The zero-order valence-corrected chi connectivity index (χ0v) is 11.8. The van der Waals surface area contributed by atoms with Crippen LogP contribution in [-0.4, -0.2) is 54.5 Å². The molecule has 0 bridgehead atoms.